The summed E-state index contributed by atoms with van der Waals surface area (Å²) >= 11 is 0. The van der Waals surface area contributed by atoms with E-state index < -0.39 is 0 Å². The van der Waals surface area contributed by atoms with E-state index in [2.05, 4.69) is 5.32 Å². The van der Waals surface area contributed by atoms with E-state index in [4.69, 9.17) is 4.74 Å². The number of halogens is 2. The summed E-state index contributed by atoms with van der Waals surface area (Å²) < 4.78 is 31.1. The molecule has 1 N–H and O–H groups in total. The Hall–Kier alpha value is -2.43. The normalized spacial score (nSPS) is 11.8. The molecule has 2 rings (SSSR count). The lowest BCUT2D eigenvalue weighted by Gasteiger charge is -2.12. The fourth-order valence-corrected chi connectivity index (χ4v) is 2.28. The molecule has 2 aromatic carbocycles. The van der Waals surface area contributed by atoms with Gasteiger partial charge in [-0.25, -0.2) is 8.78 Å². The van der Waals surface area contributed by atoms with Crippen molar-refractivity contribution in [3.63, 3.8) is 0 Å². The van der Waals surface area contributed by atoms with Crippen LogP contribution in [0.2, 0.25) is 0 Å². The third-order valence-electron chi connectivity index (χ3n) is 3.66. The minimum Gasteiger partial charge on any atom is -0.494 e. The average Bonchev–Trinajstić information content (AvgIpc) is 2.56. The molecular formula is C19H21F2NO2. The second-order valence-electron chi connectivity index (χ2n) is 5.66. The van der Waals surface area contributed by atoms with E-state index in [1.807, 2.05) is 6.92 Å². The maximum absolute atomic E-state index is 12.9. The topological polar surface area (TPSA) is 38.3 Å². The quantitative estimate of drug-likeness (QED) is 0.740. The molecule has 1 atom stereocenters. The maximum Gasteiger partial charge on any atom is 0.220 e. The Morgan fingerprint density at radius 1 is 1.04 bits per heavy atom. The fraction of sp³-hybridized carbons (Fsp3) is 0.316. The SMILES string of the molecule is CC(CC(=O)NCCCOc1ccc(F)cc1)c1ccc(F)cc1. The third kappa shape index (κ3) is 5.99. The van der Waals surface area contributed by atoms with Gasteiger partial charge in [-0.3, -0.25) is 4.79 Å². The molecule has 0 fully saturated rings. The molecule has 2 aromatic rings. The van der Waals surface area contributed by atoms with Gasteiger partial charge in [0.25, 0.3) is 0 Å². The van der Waals surface area contributed by atoms with Crippen LogP contribution in [0.4, 0.5) is 8.78 Å². The summed E-state index contributed by atoms with van der Waals surface area (Å²) in [4.78, 5) is 11.9. The van der Waals surface area contributed by atoms with Crippen LogP contribution in [-0.2, 0) is 4.79 Å². The van der Waals surface area contributed by atoms with E-state index in [-0.39, 0.29) is 23.5 Å². The number of carbonyl (C=O) groups excluding carboxylic acids is 1. The van der Waals surface area contributed by atoms with Gasteiger partial charge in [-0.05, 0) is 54.3 Å². The van der Waals surface area contributed by atoms with E-state index in [9.17, 15) is 13.6 Å². The van der Waals surface area contributed by atoms with Gasteiger partial charge in [0.2, 0.25) is 5.91 Å². The van der Waals surface area contributed by atoms with Crippen molar-refractivity contribution in [2.24, 2.45) is 0 Å². The lowest BCUT2D eigenvalue weighted by Crippen LogP contribution is -2.26. The third-order valence-corrected chi connectivity index (χ3v) is 3.66. The first kappa shape index (κ1) is 17.9. The first-order valence-corrected chi connectivity index (χ1v) is 7.95. The summed E-state index contributed by atoms with van der Waals surface area (Å²) in [5, 5.41) is 2.84. The summed E-state index contributed by atoms with van der Waals surface area (Å²) in [6, 6.07) is 12.0. The average molecular weight is 333 g/mol. The number of benzene rings is 2. The van der Waals surface area contributed by atoms with E-state index in [1.165, 1.54) is 24.3 Å². The van der Waals surface area contributed by atoms with Crippen molar-refractivity contribution in [2.45, 2.75) is 25.7 Å². The molecule has 24 heavy (non-hydrogen) atoms. The summed E-state index contributed by atoms with van der Waals surface area (Å²) in [5.74, 6) is 0.00350. The van der Waals surface area contributed by atoms with Crippen LogP contribution in [0.3, 0.4) is 0 Å². The van der Waals surface area contributed by atoms with E-state index in [0.29, 0.717) is 31.7 Å². The van der Waals surface area contributed by atoms with Crippen molar-refractivity contribution in [1.29, 1.82) is 0 Å². The summed E-state index contributed by atoms with van der Waals surface area (Å²) in [6.07, 6.45) is 1.01. The minimum atomic E-state index is -0.301. The Balaban J connectivity index is 1.62. The molecule has 5 heteroatoms. The van der Waals surface area contributed by atoms with Crippen molar-refractivity contribution >= 4 is 5.91 Å². The highest BCUT2D eigenvalue weighted by Gasteiger charge is 2.11. The van der Waals surface area contributed by atoms with Crippen LogP contribution in [0, 0.1) is 11.6 Å². The molecule has 0 bridgehead atoms. The molecule has 0 aromatic heterocycles. The molecule has 1 amide bonds. The van der Waals surface area contributed by atoms with Crippen LogP contribution >= 0.6 is 0 Å². The number of ether oxygens (including phenoxy) is 1. The Morgan fingerprint density at radius 3 is 2.25 bits per heavy atom. The summed E-state index contributed by atoms with van der Waals surface area (Å²) in [7, 11) is 0. The Bertz CT molecular complexity index is 641. The van der Waals surface area contributed by atoms with Crippen molar-refractivity contribution in [3.05, 3.63) is 65.7 Å². The van der Waals surface area contributed by atoms with Gasteiger partial charge < -0.3 is 10.1 Å². The van der Waals surface area contributed by atoms with Crippen molar-refractivity contribution < 1.29 is 18.3 Å². The fourth-order valence-electron chi connectivity index (χ4n) is 2.28. The smallest absolute Gasteiger partial charge is 0.220 e. The second-order valence-corrected chi connectivity index (χ2v) is 5.66. The van der Waals surface area contributed by atoms with Crippen LogP contribution in [0.15, 0.2) is 48.5 Å². The van der Waals surface area contributed by atoms with Gasteiger partial charge in [-0.15, -0.1) is 0 Å². The molecule has 0 radical (unpaired) electrons. The predicted octanol–water partition coefficient (Wildman–Crippen LogP) is 4.04. The largest absolute Gasteiger partial charge is 0.494 e. The molecule has 0 aliphatic heterocycles. The number of carbonyl (C=O) groups is 1. The van der Waals surface area contributed by atoms with Crippen molar-refractivity contribution in [1.82, 2.24) is 5.32 Å². The molecule has 0 spiro atoms. The molecule has 0 saturated carbocycles. The van der Waals surface area contributed by atoms with Crippen molar-refractivity contribution in [2.75, 3.05) is 13.2 Å². The number of hydrogen-bond acceptors (Lipinski definition) is 2. The molecule has 0 saturated heterocycles. The van der Waals surface area contributed by atoms with E-state index >= 15 is 0 Å². The highest BCUT2D eigenvalue weighted by atomic mass is 19.1. The van der Waals surface area contributed by atoms with Crippen molar-refractivity contribution in [3.8, 4) is 5.75 Å². The molecule has 0 heterocycles. The predicted molar refractivity (Wildman–Crippen MR) is 89.0 cm³/mol. The Kier molecular flexibility index (Phi) is 6.73. The zero-order chi connectivity index (χ0) is 17.4. The van der Waals surface area contributed by atoms with Gasteiger partial charge in [0.05, 0.1) is 6.61 Å². The molecule has 0 aliphatic rings. The molecule has 3 nitrogen and oxygen atoms in total. The first-order chi connectivity index (χ1) is 11.5. The molecule has 0 aliphatic carbocycles. The maximum atomic E-state index is 12.9. The highest BCUT2D eigenvalue weighted by Crippen LogP contribution is 2.19. The second kappa shape index (κ2) is 9.01. The van der Waals surface area contributed by atoms with Crippen LogP contribution in [-0.4, -0.2) is 19.1 Å². The molecule has 128 valence electrons. The van der Waals surface area contributed by atoms with Gasteiger partial charge in [0.1, 0.15) is 17.4 Å². The van der Waals surface area contributed by atoms with Crippen LogP contribution in [0.25, 0.3) is 0 Å². The number of nitrogens with one attached hydrogen (secondary N) is 1. The van der Waals surface area contributed by atoms with E-state index in [0.717, 1.165) is 5.56 Å². The van der Waals surface area contributed by atoms with Crippen LogP contribution < -0.4 is 10.1 Å². The summed E-state index contributed by atoms with van der Waals surface area (Å²) in [6.45, 7) is 2.89. The van der Waals surface area contributed by atoms with Crippen LogP contribution in [0.1, 0.15) is 31.2 Å². The number of hydrogen-bond donors (Lipinski definition) is 1. The van der Waals surface area contributed by atoms with E-state index in [1.54, 1.807) is 24.3 Å². The van der Waals surface area contributed by atoms with Gasteiger partial charge >= 0.3 is 0 Å². The highest BCUT2D eigenvalue weighted by molar-refractivity contribution is 5.76. The molecular weight excluding hydrogens is 312 g/mol. The zero-order valence-corrected chi connectivity index (χ0v) is 13.6. The Labute approximate surface area is 140 Å². The molecule has 1 unspecified atom stereocenters. The van der Waals surface area contributed by atoms with Gasteiger partial charge in [0, 0.05) is 13.0 Å². The number of rotatable bonds is 8. The lowest BCUT2D eigenvalue weighted by atomic mass is 9.97. The minimum absolute atomic E-state index is 0.0288. The van der Waals surface area contributed by atoms with Crippen LogP contribution in [0.5, 0.6) is 5.75 Å². The summed E-state index contributed by atoms with van der Waals surface area (Å²) in [5.41, 5.74) is 0.936. The number of amides is 1. The monoisotopic (exact) mass is 333 g/mol. The van der Waals surface area contributed by atoms with Gasteiger partial charge in [-0.2, -0.15) is 0 Å². The lowest BCUT2D eigenvalue weighted by molar-refractivity contribution is -0.121. The zero-order valence-electron chi connectivity index (χ0n) is 13.6. The standard InChI is InChI=1S/C19H21F2NO2/c1-14(15-3-5-16(20)6-4-15)13-19(23)22-11-2-12-24-18-9-7-17(21)8-10-18/h3-10,14H,2,11-13H2,1H3,(H,22,23). The first-order valence-electron chi connectivity index (χ1n) is 7.95. The Morgan fingerprint density at radius 2 is 1.62 bits per heavy atom. The van der Waals surface area contributed by atoms with Gasteiger partial charge in [0.15, 0.2) is 0 Å². The van der Waals surface area contributed by atoms with Gasteiger partial charge in [-0.1, -0.05) is 19.1 Å².